The van der Waals surface area contributed by atoms with E-state index in [-0.39, 0.29) is 35.0 Å². The molecule has 0 saturated carbocycles. The minimum absolute atomic E-state index is 0.0169. The van der Waals surface area contributed by atoms with E-state index in [9.17, 15) is 17.6 Å². The number of hydrogen-bond donors (Lipinski definition) is 3. The summed E-state index contributed by atoms with van der Waals surface area (Å²) < 4.78 is 39.7. The molecule has 1 aromatic rings. The number of benzene rings is 1. The lowest BCUT2D eigenvalue weighted by Gasteiger charge is -2.09. The number of anilines is 1. The first-order valence-corrected chi connectivity index (χ1v) is 8.08. The minimum atomic E-state index is -3.89. The molecule has 0 spiro atoms. The molecule has 0 aliphatic rings. The Hall–Kier alpha value is -1.67. The number of rotatable bonds is 7. The molecule has 0 fully saturated rings. The normalized spacial score (nSPS) is 11.4. The monoisotopic (exact) mass is 317 g/mol. The Balaban J connectivity index is 2.68. The summed E-state index contributed by atoms with van der Waals surface area (Å²) >= 11 is 0. The molecule has 0 atom stereocenters. The third kappa shape index (κ3) is 4.98. The molecule has 0 unspecified atom stereocenters. The van der Waals surface area contributed by atoms with Gasteiger partial charge in [-0.15, -0.1) is 0 Å². The van der Waals surface area contributed by atoms with Gasteiger partial charge in [-0.3, -0.25) is 4.79 Å². The van der Waals surface area contributed by atoms with Crippen LogP contribution in [-0.2, 0) is 14.8 Å². The number of sulfonamides is 1. The summed E-state index contributed by atoms with van der Waals surface area (Å²) in [6, 6.07) is 2.10. The van der Waals surface area contributed by atoms with Crippen molar-refractivity contribution >= 4 is 21.6 Å². The van der Waals surface area contributed by atoms with E-state index in [2.05, 4.69) is 10.0 Å². The fraction of sp³-hybridized carbons (Fsp3) is 0.462. The van der Waals surface area contributed by atoms with E-state index in [4.69, 9.17) is 5.73 Å². The molecule has 1 amide bonds. The van der Waals surface area contributed by atoms with Gasteiger partial charge < -0.3 is 11.1 Å². The first-order valence-electron chi connectivity index (χ1n) is 6.60. The van der Waals surface area contributed by atoms with E-state index >= 15 is 0 Å². The number of amides is 1. The average Bonchev–Trinajstić information content (AvgIpc) is 2.41. The minimum Gasteiger partial charge on any atom is -0.398 e. The molecule has 8 heteroatoms. The van der Waals surface area contributed by atoms with Crippen LogP contribution in [0, 0.1) is 12.7 Å². The van der Waals surface area contributed by atoms with Gasteiger partial charge in [-0.05, 0) is 25.5 Å². The molecule has 0 bridgehead atoms. The highest BCUT2D eigenvalue weighted by atomic mass is 32.2. The maximum Gasteiger partial charge on any atom is 0.240 e. The van der Waals surface area contributed by atoms with Crippen molar-refractivity contribution in [3.05, 3.63) is 23.5 Å². The zero-order valence-corrected chi connectivity index (χ0v) is 12.9. The zero-order valence-electron chi connectivity index (χ0n) is 12.1. The molecule has 4 N–H and O–H groups in total. The molecular formula is C13H20FN3O3S. The second-order valence-corrected chi connectivity index (χ2v) is 6.38. The lowest BCUT2D eigenvalue weighted by Crippen LogP contribution is -2.31. The largest absolute Gasteiger partial charge is 0.398 e. The average molecular weight is 317 g/mol. The van der Waals surface area contributed by atoms with Crippen LogP contribution in [0.15, 0.2) is 17.0 Å². The lowest BCUT2D eigenvalue weighted by atomic mass is 10.2. The Bertz CT molecular complexity index is 594. The van der Waals surface area contributed by atoms with Crippen molar-refractivity contribution in [3.63, 3.8) is 0 Å². The Labute approximate surface area is 124 Å². The van der Waals surface area contributed by atoms with Crippen LogP contribution in [0.25, 0.3) is 0 Å². The van der Waals surface area contributed by atoms with Crippen molar-refractivity contribution in [2.75, 3.05) is 18.8 Å². The molecule has 118 valence electrons. The number of carbonyl (C=O) groups excluding carboxylic acids is 1. The quantitative estimate of drug-likeness (QED) is 0.651. The molecule has 21 heavy (non-hydrogen) atoms. The van der Waals surface area contributed by atoms with Gasteiger partial charge in [0.2, 0.25) is 15.9 Å². The highest BCUT2D eigenvalue weighted by Gasteiger charge is 2.17. The van der Waals surface area contributed by atoms with Gasteiger partial charge in [-0.25, -0.2) is 17.5 Å². The summed E-state index contributed by atoms with van der Waals surface area (Å²) in [4.78, 5) is 11.1. The summed E-state index contributed by atoms with van der Waals surface area (Å²) in [5, 5.41) is 2.63. The third-order valence-corrected chi connectivity index (χ3v) is 4.33. The van der Waals surface area contributed by atoms with Crippen molar-refractivity contribution in [3.8, 4) is 0 Å². The zero-order chi connectivity index (χ0) is 16.0. The van der Waals surface area contributed by atoms with E-state index < -0.39 is 15.8 Å². The van der Waals surface area contributed by atoms with Crippen LogP contribution in [0.5, 0.6) is 0 Å². The fourth-order valence-corrected chi connectivity index (χ4v) is 2.64. The summed E-state index contributed by atoms with van der Waals surface area (Å²) in [5.74, 6) is -0.926. The van der Waals surface area contributed by atoms with Gasteiger partial charge >= 0.3 is 0 Å². The second-order valence-electron chi connectivity index (χ2n) is 4.62. The van der Waals surface area contributed by atoms with Crippen molar-refractivity contribution < 1.29 is 17.6 Å². The van der Waals surface area contributed by atoms with Crippen molar-refractivity contribution in [1.29, 1.82) is 0 Å². The molecule has 0 radical (unpaired) electrons. The van der Waals surface area contributed by atoms with E-state index in [0.717, 1.165) is 12.5 Å². The number of nitrogens with one attached hydrogen (secondary N) is 2. The summed E-state index contributed by atoms with van der Waals surface area (Å²) in [5.41, 5.74) is 5.82. The molecule has 1 aromatic carbocycles. The first kappa shape index (κ1) is 17.4. The van der Waals surface area contributed by atoms with E-state index in [1.54, 1.807) is 0 Å². The number of hydrogen-bond acceptors (Lipinski definition) is 4. The highest BCUT2D eigenvalue weighted by Crippen LogP contribution is 2.20. The van der Waals surface area contributed by atoms with Crippen molar-refractivity contribution in [1.82, 2.24) is 10.0 Å². The van der Waals surface area contributed by atoms with E-state index in [1.807, 2.05) is 6.92 Å². The Kier molecular flexibility index (Phi) is 6.10. The standard InChI is InChI=1S/C13H20FN3O3S/c1-3-5-16-13(18)4-6-17-21(19,20)10-7-11(14)9(2)12(15)8-10/h7-8,17H,3-6,15H2,1-2H3,(H,16,18). The van der Waals surface area contributed by atoms with Crippen LogP contribution in [0.1, 0.15) is 25.3 Å². The van der Waals surface area contributed by atoms with Crippen molar-refractivity contribution in [2.24, 2.45) is 0 Å². The highest BCUT2D eigenvalue weighted by molar-refractivity contribution is 7.89. The molecular weight excluding hydrogens is 297 g/mol. The predicted octanol–water partition coefficient (Wildman–Crippen LogP) is 0.911. The number of halogens is 1. The van der Waals surface area contributed by atoms with Gasteiger partial charge in [0, 0.05) is 30.8 Å². The van der Waals surface area contributed by atoms with Gasteiger partial charge in [0.05, 0.1) is 4.90 Å². The maximum atomic E-state index is 13.5. The van der Waals surface area contributed by atoms with Gasteiger partial charge in [-0.2, -0.15) is 0 Å². The van der Waals surface area contributed by atoms with Crippen LogP contribution in [-0.4, -0.2) is 27.4 Å². The van der Waals surface area contributed by atoms with Crippen LogP contribution >= 0.6 is 0 Å². The summed E-state index contributed by atoms with van der Waals surface area (Å²) in [6.07, 6.45) is 0.822. The van der Waals surface area contributed by atoms with E-state index in [0.29, 0.717) is 6.54 Å². The summed E-state index contributed by atoms with van der Waals surface area (Å²) in [7, 11) is -3.89. The van der Waals surface area contributed by atoms with Gasteiger partial charge in [-0.1, -0.05) is 6.92 Å². The predicted molar refractivity (Wildman–Crippen MR) is 78.7 cm³/mol. The van der Waals surface area contributed by atoms with Crippen molar-refractivity contribution in [2.45, 2.75) is 31.6 Å². The van der Waals surface area contributed by atoms with Gasteiger partial charge in [0.25, 0.3) is 0 Å². The smallest absolute Gasteiger partial charge is 0.240 e. The molecule has 1 rings (SSSR count). The molecule has 0 aromatic heterocycles. The van der Waals surface area contributed by atoms with Gasteiger partial charge in [0.1, 0.15) is 5.82 Å². The topological polar surface area (TPSA) is 101 Å². The molecule has 0 saturated heterocycles. The summed E-state index contributed by atoms with van der Waals surface area (Å²) in [6.45, 7) is 3.87. The Morgan fingerprint density at radius 1 is 1.33 bits per heavy atom. The van der Waals surface area contributed by atoms with E-state index in [1.165, 1.54) is 13.0 Å². The third-order valence-electron chi connectivity index (χ3n) is 2.88. The second kappa shape index (κ2) is 7.37. The van der Waals surface area contributed by atoms with Crippen LogP contribution < -0.4 is 15.8 Å². The molecule has 0 heterocycles. The maximum absolute atomic E-state index is 13.5. The number of nitrogen functional groups attached to an aromatic ring is 1. The first-order chi connectivity index (χ1) is 9.77. The lowest BCUT2D eigenvalue weighted by molar-refractivity contribution is -0.120. The van der Waals surface area contributed by atoms with Crippen LogP contribution in [0.4, 0.5) is 10.1 Å². The molecule has 0 aliphatic carbocycles. The SMILES string of the molecule is CCCNC(=O)CCNS(=O)(=O)c1cc(N)c(C)c(F)c1. The fourth-order valence-electron chi connectivity index (χ4n) is 1.56. The van der Waals surface area contributed by atoms with Crippen LogP contribution in [0.3, 0.4) is 0 Å². The number of carbonyl (C=O) groups is 1. The number of nitrogens with two attached hydrogens (primary N) is 1. The van der Waals surface area contributed by atoms with Gasteiger partial charge in [0.15, 0.2) is 0 Å². The van der Waals surface area contributed by atoms with Crippen LogP contribution in [0.2, 0.25) is 0 Å². The molecule has 0 aliphatic heterocycles. The Morgan fingerprint density at radius 2 is 2.00 bits per heavy atom. The molecule has 6 nitrogen and oxygen atoms in total. The Morgan fingerprint density at radius 3 is 2.57 bits per heavy atom.